The Balaban J connectivity index is 1.85. The van der Waals surface area contributed by atoms with Gasteiger partial charge < -0.3 is 15.4 Å². The minimum Gasteiger partial charge on any atom is -0.379 e. The van der Waals surface area contributed by atoms with Crippen LogP contribution in [0.4, 0.5) is 0 Å². The van der Waals surface area contributed by atoms with Gasteiger partial charge in [0.2, 0.25) is 0 Å². The number of hydrogen-bond donors (Lipinski definition) is 2. The fourth-order valence-electron chi connectivity index (χ4n) is 2.75. The quantitative estimate of drug-likeness (QED) is 0.510. The molecule has 1 unspecified atom stereocenters. The van der Waals surface area contributed by atoms with Crippen molar-refractivity contribution in [2.75, 3.05) is 51.7 Å². The Morgan fingerprint density at radius 3 is 2.58 bits per heavy atom. The van der Waals surface area contributed by atoms with Crippen LogP contribution in [0.5, 0.6) is 0 Å². The summed E-state index contributed by atoms with van der Waals surface area (Å²) in [5.74, 6) is 0.677. The van der Waals surface area contributed by atoms with E-state index >= 15 is 0 Å². The molecule has 2 N–H and O–H groups in total. The first-order valence-electron chi connectivity index (χ1n) is 9.14. The third kappa shape index (κ3) is 6.59. The maximum atomic E-state index is 12.3. The summed E-state index contributed by atoms with van der Waals surface area (Å²) < 4.78 is 30.0. The molecule has 2 rings (SSSR count). The Hall–Kier alpha value is -1.64. The van der Waals surface area contributed by atoms with Gasteiger partial charge in [-0.05, 0) is 26.0 Å². The van der Waals surface area contributed by atoms with Gasteiger partial charge in [-0.2, -0.15) is 0 Å². The van der Waals surface area contributed by atoms with Crippen LogP contribution in [-0.2, 0) is 14.6 Å². The van der Waals surface area contributed by atoms with E-state index in [4.69, 9.17) is 4.74 Å². The van der Waals surface area contributed by atoms with Gasteiger partial charge >= 0.3 is 0 Å². The molecule has 0 saturated carbocycles. The van der Waals surface area contributed by atoms with E-state index in [0.717, 1.165) is 32.8 Å². The average Bonchev–Trinajstić information content (AvgIpc) is 2.67. The Morgan fingerprint density at radius 1 is 1.23 bits per heavy atom. The molecule has 146 valence electrons. The normalized spacial score (nSPS) is 17.7. The molecule has 1 aromatic carbocycles. The zero-order valence-corrected chi connectivity index (χ0v) is 16.5. The van der Waals surface area contributed by atoms with E-state index in [0.29, 0.717) is 30.0 Å². The molecule has 1 fully saturated rings. The van der Waals surface area contributed by atoms with E-state index in [1.165, 1.54) is 0 Å². The number of hydrogen-bond acceptors (Lipinski definition) is 5. The van der Waals surface area contributed by atoms with Crippen molar-refractivity contribution in [3.63, 3.8) is 0 Å². The molecule has 0 bridgehead atoms. The van der Waals surface area contributed by atoms with Gasteiger partial charge in [-0.1, -0.05) is 18.2 Å². The standard InChI is InChI=1S/C18H30N4O3S/c1-3-19-18(21-15-16(2)22-10-12-25-13-11-22)20-9-14-26(23,24)17-7-5-4-6-8-17/h4-8,16H,3,9-15H2,1-2H3,(H2,19,20,21). The Kier molecular flexibility index (Phi) is 8.34. The van der Waals surface area contributed by atoms with Gasteiger partial charge in [0.05, 0.1) is 30.4 Å². The second kappa shape index (κ2) is 10.5. The molecular formula is C18H30N4O3S. The van der Waals surface area contributed by atoms with Gasteiger partial charge in [-0.25, -0.2) is 8.42 Å². The lowest BCUT2D eigenvalue weighted by atomic mass is 10.2. The van der Waals surface area contributed by atoms with Crippen LogP contribution in [0.3, 0.4) is 0 Å². The van der Waals surface area contributed by atoms with Crippen molar-refractivity contribution in [3.05, 3.63) is 30.3 Å². The lowest BCUT2D eigenvalue weighted by molar-refractivity contribution is 0.0220. The van der Waals surface area contributed by atoms with Crippen molar-refractivity contribution in [2.24, 2.45) is 4.99 Å². The zero-order valence-electron chi connectivity index (χ0n) is 15.6. The molecule has 1 aliphatic rings. The van der Waals surface area contributed by atoms with Gasteiger partial charge in [0, 0.05) is 32.2 Å². The van der Waals surface area contributed by atoms with E-state index in [-0.39, 0.29) is 5.75 Å². The number of ether oxygens (including phenoxy) is 1. The van der Waals surface area contributed by atoms with Crippen LogP contribution in [0, 0.1) is 0 Å². The minimum atomic E-state index is -3.29. The number of aliphatic imine (C=N–C) groups is 1. The van der Waals surface area contributed by atoms with Crippen molar-refractivity contribution in [3.8, 4) is 0 Å². The smallest absolute Gasteiger partial charge is 0.191 e. The Morgan fingerprint density at radius 2 is 1.92 bits per heavy atom. The fraction of sp³-hybridized carbons (Fsp3) is 0.611. The molecule has 0 aromatic heterocycles. The van der Waals surface area contributed by atoms with E-state index in [2.05, 4.69) is 27.4 Å². The van der Waals surface area contributed by atoms with Gasteiger partial charge in [0.15, 0.2) is 15.8 Å². The van der Waals surface area contributed by atoms with Gasteiger partial charge in [0.1, 0.15) is 0 Å². The summed E-state index contributed by atoms with van der Waals surface area (Å²) in [4.78, 5) is 7.31. The predicted molar refractivity (Wildman–Crippen MR) is 104 cm³/mol. The highest BCUT2D eigenvalue weighted by Crippen LogP contribution is 2.09. The van der Waals surface area contributed by atoms with Crippen LogP contribution in [0.15, 0.2) is 40.2 Å². The number of guanidine groups is 1. The SMILES string of the molecule is CCNC(=NCC(C)N1CCOCC1)NCCS(=O)(=O)c1ccccc1. The van der Waals surface area contributed by atoms with Gasteiger partial charge in [0.25, 0.3) is 0 Å². The number of sulfone groups is 1. The van der Waals surface area contributed by atoms with Crippen LogP contribution in [-0.4, -0.2) is 77.0 Å². The summed E-state index contributed by atoms with van der Waals surface area (Å²) >= 11 is 0. The van der Waals surface area contributed by atoms with Gasteiger partial charge in [-0.3, -0.25) is 9.89 Å². The summed E-state index contributed by atoms with van der Waals surface area (Å²) in [6.45, 7) is 9.22. The summed E-state index contributed by atoms with van der Waals surface area (Å²) in [6, 6.07) is 8.85. The maximum absolute atomic E-state index is 12.3. The minimum absolute atomic E-state index is 0.0282. The molecule has 1 aliphatic heterocycles. The lowest BCUT2D eigenvalue weighted by Crippen LogP contribution is -2.45. The van der Waals surface area contributed by atoms with E-state index in [9.17, 15) is 8.42 Å². The first-order valence-corrected chi connectivity index (χ1v) is 10.8. The Bertz CT molecular complexity index is 658. The van der Waals surface area contributed by atoms with E-state index in [1.54, 1.807) is 24.3 Å². The number of nitrogens with zero attached hydrogens (tertiary/aromatic N) is 2. The summed E-state index contributed by atoms with van der Waals surface area (Å²) in [5.41, 5.74) is 0. The number of nitrogens with one attached hydrogen (secondary N) is 2. The highest BCUT2D eigenvalue weighted by molar-refractivity contribution is 7.91. The van der Waals surface area contributed by atoms with Crippen LogP contribution in [0.2, 0.25) is 0 Å². The van der Waals surface area contributed by atoms with E-state index in [1.807, 2.05) is 13.0 Å². The van der Waals surface area contributed by atoms with Crippen molar-refractivity contribution in [2.45, 2.75) is 24.8 Å². The lowest BCUT2D eigenvalue weighted by Gasteiger charge is -2.31. The van der Waals surface area contributed by atoms with Crippen LogP contribution < -0.4 is 10.6 Å². The van der Waals surface area contributed by atoms with Crippen LogP contribution in [0.25, 0.3) is 0 Å². The molecule has 26 heavy (non-hydrogen) atoms. The van der Waals surface area contributed by atoms with Crippen molar-refractivity contribution in [1.82, 2.24) is 15.5 Å². The third-order valence-corrected chi connectivity index (χ3v) is 6.02. The van der Waals surface area contributed by atoms with Crippen molar-refractivity contribution in [1.29, 1.82) is 0 Å². The first-order chi connectivity index (χ1) is 12.5. The topological polar surface area (TPSA) is 83.0 Å². The molecule has 0 spiro atoms. The largest absolute Gasteiger partial charge is 0.379 e. The molecular weight excluding hydrogens is 352 g/mol. The molecule has 1 aromatic rings. The molecule has 1 saturated heterocycles. The number of benzene rings is 1. The van der Waals surface area contributed by atoms with E-state index < -0.39 is 9.84 Å². The molecule has 0 aliphatic carbocycles. The van der Waals surface area contributed by atoms with Gasteiger partial charge in [-0.15, -0.1) is 0 Å². The van der Waals surface area contributed by atoms with Crippen molar-refractivity contribution < 1.29 is 13.2 Å². The summed E-state index contributed by atoms with van der Waals surface area (Å²) in [5, 5.41) is 6.29. The zero-order chi connectivity index (χ0) is 18.8. The van der Waals surface area contributed by atoms with Crippen LogP contribution in [0.1, 0.15) is 13.8 Å². The van der Waals surface area contributed by atoms with Crippen molar-refractivity contribution >= 4 is 15.8 Å². The number of morpholine rings is 1. The maximum Gasteiger partial charge on any atom is 0.191 e. The molecule has 8 heteroatoms. The number of rotatable bonds is 8. The average molecular weight is 383 g/mol. The second-order valence-electron chi connectivity index (χ2n) is 6.28. The highest BCUT2D eigenvalue weighted by atomic mass is 32.2. The molecule has 7 nitrogen and oxygen atoms in total. The monoisotopic (exact) mass is 382 g/mol. The highest BCUT2D eigenvalue weighted by Gasteiger charge is 2.17. The third-order valence-electron chi connectivity index (χ3n) is 4.29. The molecule has 1 heterocycles. The molecule has 1 atom stereocenters. The predicted octanol–water partition coefficient (Wildman–Crippen LogP) is 0.736. The van der Waals surface area contributed by atoms with Crippen LogP contribution >= 0.6 is 0 Å². The molecule has 0 amide bonds. The summed E-state index contributed by atoms with van der Waals surface area (Å²) in [6.07, 6.45) is 0. The second-order valence-corrected chi connectivity index (χ2v) is 8.38. The fourth-order valence-corrected chi connectivity index (χ4v) is 3.93. The molecule has 0 radical (unpaired) electrons. The first kappa shape index (κ1) is 20.7. The summed E-state index contributed by atoms with van der Waals surface area (Å²) in [7, 11) is -3.29. The Labute approximate surface area is 156 Å².